The standard InChI is InChI=1S/C15H22N2O5S/c1-9(2)17-23(21,22)13-7-5-12(6-8-13)14(18)16-11(4)10(3)15(19)20/h5-11,17H,1-4H3,(H,16,18)(H,19,20). The van der Waals surface area contributed by atoms with Crippen molar-refractivity contribution in [3.8, 4) is 0 Å². The van der Waals surface area contributed by atoms with E-state index in [-0.39, 0.29) is 16.5 Å². The van der Waals surface area contributed by atoms with Gasteiger partial charge in [0.2, 0.25) is 10.0 Å². The van der Waals surface area contributed by atoms with Gasteiger partial charge in [-0.15, -0.1) is 0 Å². The maximum atomic E-state index is 12.1. The van der Waals surface area contributed by atoms with Crippen LogP contribution in [0.25, 0.3) is 0 Å². The van der Waals surface area contributed by atoms with Crippen LogP contribution in [0.1, 0.15) is 38.1 Å². The van der Waals surface area contributed by atoms with Gasteiger partial charge in [-0.3, -0.25) is 9.59 Å². The molecule has 0 heterocycles. The molecule has 1 amide bonds. The van der Waals surface area contributed by atoms with Gasteiger partial charge in [-0.1, -0.05) is 0 Å². The number of amides is 1. The van der Waals surface area contributed by atoms with Gasteiger partial charge in [0.05, 0.1) is 10.8 Å². The Labute approximate surface area is 136 Å². The van der Waals surface area contributed by atoms with Crippen LogP contribution in [-0.2, 0) is 14.8 Å². The fourth-order valence-electron chi connectivity index (χ4n) is 1.79. The highest BCUT2D eigenvalue weighted by Crippen LogP contribution is 2.12. The summed E-state index contributed by atoms with van der Waals surface area (Å²) >= 11 is 0. The van der Waals surface area contributed by atoms with E-state index in [1.54, 1.807) is 20.8 Å². The molecular formula is C15H22N2O5S. The summed E-state index contributed by atoms with van der Waals surface area (Å²) in [4.78, 5) is 23.0. The summed E-state index contributed by atoms with van der Waals surface area (Å²) in [7, 11) is -3.61. The number of aliphatic carboxylic acids is 1. The molecule has 0 aliphatic carbocycles. The number of carbonyl (C=O) groups excluding carboxylic acids is 1. The Hall–Kier alpha value is -1.93. The highest BCUT2D eigenvalue weighted by atomic mass is 32.2. The van der Waals surface area contributed by atoms with Crippen molar-refractivity contribution >= 4 is 21.9 Å². The maximum Gasteiger partial charge on any atom is 0.308 e. The van der Waals surface area contributed by atoms with E-state index in [2.05, 4.69) is 10.0 Å². The molecule has 1 aromatic carbocycles. The van der Waals surface area contributed by atoms with Crippen molar-refractivity contribution in [3.05, 3.63) is 29.8 Å². The highest BCUT2D eigenvalue weighted by Gasteiger charge is 2.22. The minimum absolute atomic E-state index is 0.0645. The molecule has 0 saturated heterocycles. The molecule has 1 aromatic rings. The Kier molecular flexibility index (Phi) is 6.28. The highest BCUT2D eigenvalue weighted by molar-refractivity contribution is 7.89. The Morgan fingerprint density at radius 1 is 1.04 bits per heavy atom. The average Bonchev–Trinajstić information content (AvgIpc) is 2.44. The van der Waals surface area contributed by atoms with Crippen LogP contribution in [0.15, 0.2) is 29.2 Å². The smallest absolute Gasteiger partial charge is 0.308 e. The lowest BCUT2D eigenvalue weighted by molar-refractivity contribution is -0.141. The van der Waals surface area contributed by atoms with Crippen molar-refractivity contribution in [1.82, 2.24) is 10.0 Å². The van der Waals surface area contributed by atoms with Gasteiger partial charge in [-0.05, 0) is 52.0 Å². The number of hydrogen-bond acceptors (Lipinski definition) is 4. The third kappa shape index (κ3) is 5.33. The lowest BCUT2D eigenvalue weighted by Gasteiger charge is -2.17. The molecule has 1 rings (SSSR count). The van der Waals surface area contributed by atoms with Crippen LogP contribution in [0.4, 0.5) is 0 Å². The van der Waals surface area contributed by atoms with E-state index in [0.717, 1.165) is 0 Å². The first-order valence-electron chi connectivity index (χ1n) is 7.20. The van der Waals surface area contributed by atoms with Crippen molar-refractivity contribution in [1.29, 1.82) is 0 Å². The number of carbonyl (C=O) groups is 2. The minimum atomic E-state index is -3.61. The Morgan fingerprint density at radius 2 is 1.57 bits per heavy atom. The van der Waals surface area contributed by atoms with Crippen LogP contribution in [0.2, 0.25) is 0 Å². The molecule has 8 heteroatoms. The van der Waals surface area contributed by atoms with Gasteiger partial charge >= 0.3 is 5.97 Å². The van der Waals surface area contributed by atoms with E-state index in [1.165, 1.54) is 31.2 Å². The zero-order valence-corrected chi connectivity index (χ0v) is 14.3. The SMILES string of the molecule is CC(C)NS(=O)(=O)c1ccc(C(=O)NC(C)C(C)C(=O)O)cc1. The number of rotatable bonds is 7. The maximum absolute atomic E-state index is 12.1. The molecule has 2 unspecified atom stereocenters. The van der Waals surface area contributed by atoms with Gasteiger partial charge in [-0.2, -0.15) is 0 Å². The first kappa shape index (κ1) is 19.1. The molecule has 3 N–H and O–H groups in total. The van der Waals surface area contributed by atoms with Crippen LogP contribution >= 0.6 is 0 Å². The molecule has 128 valence electrons. The van der Waals surface area contributed by atoms with E-state index < -0.39 is 33.9 Å². The molecule has 0 radical (unpaired) electrons. The van der Waals surface area contributed by atoms with Gasteiger partial charge in [0.1, 0.15) is 0 Å². The lowest BCUT2D eigenvalue weighted by atomic mass is 10.0. The summed E-state index contributed by atoms with van der Waals surface area (Å²) in [6, 6.07) is 4.67. The number of nitrogens with one attached hydrogen (secondary N) is 2. The molecule has 0 aliphatic heterocycles. The topological polar surface area (TPSA) is 113 Å². The summed E-state index contributed by atoms with van der Waals surface area (Å²) in [6.07, 6.45) is 0. The first-order valence-corrected chi connectivity index (χ1v) is 8.69. The molecule has 0 saturated carbocycles. The Morgan fingerprint density at radius 3 is 2.00 bits per heavy atom. The van der Waals surface area contributed by atoms with E-state index >= 15 is 0 Å². The fraction of sp³-hybridized carbons (Fsp3) is 0.467. The van der Waals surface area contributed by atoms with Gasteiger partial charge < -0.3 is 10.4 Å². The molecule has 0 aromatic heterocycles. The summed E-state index contributed by atoms with van der Waals surface area (Å²) in [6.45, 7) is 6.53. The van der Waals surface area contributed by atoms with Gasteiger partial charge in [0.15, 0.2) is 0 Å². The van der Waals surface area contributed by atoms with Crippen LogP contribution in [0.3, 0.4) is 0 Å². The molecule has 23 heavy (non-hydrogen) atoms. The van der Waals surface area contributed by atoms with E-state index in [0.29, 0.717) is 0 Å². The average molecular weight is 342 g/mol. The van der Waals surface area contributed by atoms with Crippen LogP contribution < -0.4 is 10.0 Å². The zero-order chi connectivity index (χ0) is 17.8. The number of benzene rings is 1. The molecule has 0 spiro atoms. The predicted molar refractivity (Wildman–Crippen MR) is 85.6 cm³/mol. The van der Waals surface area contributed by atoms with Gasteiger partial charge in [0.25, 0.3) is 5.91 Å². The van der Waals surface area contributed by atoms with E-state index in [4.69, 9.17) is 5.11 Å². The number of carboxylic acids is 1. The second kappa shape index (κ2) is 7.56. The molecule has 2 atom stereocenters. The third-order valence-electron chi connectivity index (χ3n) is 3.32. The number of carboxylic acid groups (broad SMARTS) is 1. The monoisotopic (exact) mass is 342 g/mol. The molecular weight excluding hydrogens is 320 g/mol. The van der Waals surface area contributed by atoms with Gasteiger partial charge in [0, 0.05) is 17.6 Å². The molecule has 0 aliphatic rings. The van der Waals surface area contributed by atoms with Gasteiger partial charge in [-0.25, -0.2) is 13.1 Å². The van der Waals surface area contributed by atoms with Crippen molar-refractivity contribution in [2.75, 3.05) is 0 Å². The molecule has 0 fully saturated rings. The Balaban J connectivity index is 2.84. The van der Waals surface area contributed by atoms with Crippen LogP contribution in [0.5, 0.6) is 0 Å². The number of hydrogen-bond donors (Lipinski definition) is 3. The van der Waals surface area contributed by atoms with Crippen molar-refractivity contribution < 1.29 is 23.1 Å². The normalized spacial score (nSPS) is 14.3. The minimum Gasteiger partial charge on any atom is -0.481 e. The van der Waals surface area contributed by atoms with E-state index in [9.17, 15) is 18.0 Å². The van der Waals surface area contributed by atoms with Crippen molar-refractivity contribution in [2.45, 2.75) is 44.7 Å². The second-order valence-electron chi connectivity index (χ2n) is 5.69. The lowest BCUT2D eigenvalue weighted by Crippen LogP contribution is -2.40. The predicted octanol–water partition coefficient (Wildman–Crippen LogP) is 1.21. The summed E-state index contributed by atoms with van der Waals surface area (Å²) in [5, 5.41) is 11.5. The Bertz CT molecular complexity index is 668. The van der Waals surface area contributed by atoms with Crippen LogP contribution in [0, 0.1) is 5.92 Å². The largest absolute Gasteiger partial charge is 0.481 e. The summed E-state index contributed by atoms with van der Waals surface area (Å²) in [5.41, 5.74) is 0.262. The second-order valence-corrected chi connectivity index (χ2v) is 7.40. The molecule has 7 nitrogen and oxygen atoms in total. The molecule has 0 bridgehead atoms. The van der Waals surface area contributed by atoms with E-state index in [1.807, 2.05) is 0 Å². The zero-order valence-electron chi connectivity index (χ0n) is 13.5. The van der Waals surface area contributed by atoms with Crippen molar-refractivity contribution in [3.63, 3.8) is 0 Å². The first-order chi connectivity index (χ1) is 10.5. The third-order valence-corrected chi connectivity index (χ3v) is 4.99. The fourth-order valence-corrected chi connectivity index (χ4v) is 3.04. The summed E-state index contributed by atoms with van der Waals surface area (Å²) < 4.78 is 26.4. The quantitative estimate of drug-likeness (QED) is 0.689. The van der Waals surface area contributed by atoms with Crippen molar-refractivity contribution in [2.24, 2.45) is 5.92 Å². The van der Waals surface area contributed by atoms with Crippen LogP contribution in [-0.4, -0.2) is 37.5 Å². The summed E-state index contributed by atoms with van der Waals surface area (Å²) in [5.74, 6) is -2.18. The number of sulfonamides is 1.